The van der Waals surface area contributed by atoms with Crippen molar-refractivity contribution in [3.05, 3.63) is 41.3 Å². The van der Waals surface area contributed by atoms with Gasteiger partial charge in [0.05, 0.1) is 12.1 Å². The molecule has 0 aliphatic rings. The maximum atomic E-state index is 13.0. The highest BCUT2D eigenvalue weighted by atomic mass is 32.1. The molecule has 2 heterocycles. The minimum atomic E-state index is -0.875. The van der Waals surface area contributed by atoms with Crippen LogP contribution in [0, 0.1) is 5.82 Å². The number of halogens is 1. The summed E-state index contributed by atoms with van der Waals surface area (Å²) in [4.78, 5) is 11.4. The Morgan fingerprint density at radius 2 is 2.05 bits per heavy atom. The lowest BCUT2D eigenvalue weighted by molar-refractivity contribution is -0.137. The number of carboxylic acids is 1. The summed E-state index contributed by atoms with van der Waals surface area (Å²) in [5.41, 5.74) is 1.68. The average molecular weight is 291 g/mol. The third kappa shape index (κ3) is 2.27. The summed E-state index contributed by atoms with van der Waals surface area (Å²) in [6.07, 6.45) is 0.306. The average Bonchev–Trinajstić information content (AvgIpc) is 2.99. The topological polar surface area (TPSA) is 67.5 Å². The van der Waals surface area contributed by atoms with Crippen molar-refractivity contribution in [2.45, 2.75) is 12.8 Å². The van der Waals surface area contributed by atoms with E-state index < -0.39 is 5.97 Å². The van der Waals surface area contributed by atoms with Crippen LogP contribution in [0.1, 0.15) is 12.2 Å². The highest BCUT2D eigenvalue weighted by Gasteiger charge is 2.14. The van der Waals surface area contributed by atoms with Crippen LogP contribution in [-0.4, -0.2) is 25.7 Å². The fraction of sp³-hybridized carbons (Fsp3) is 0.154. The molecule has 0 unspecified atom stereocenters. The number of hydrogen-bond donors (Lipinski definition) is 1. The maximum Gasteiger partial charge on any atom is 0.303 e. The van der Waals surface area contributed by atoms with Crippen molar-refractivity contribution in [3.63, 3.8) is 0 Å². The Labute approximate surface area is 117 Å². The number of aliphatic carboxylic acids is 1. The number of benzene rings is 1. The third-order valence-corrected chi connectivity index (χ3v) is 3.74. The van der Waals surface area contributed by atoms with Crippen molar-refractivity contribution >= 4 is 22.3 Å². The number of aryl methyl sites for hydroxylation is 1. The molecule has 3 rings (SSSR count). The SMILES string of the molecule is O=C(O)CCc1nnc2scc(-c3ccc(F)cc3)n12. The molecule has 0 atom stereocenters. The molecule has 0 aliphatic heterocycles. The zero-order valence-corrected chi connectivity index (χ0v) is 11.1. The van der Waals surface area contributed by atoms with Crippen molar-refractivity contribution in [3.8, 4) is 11.3 Å². The van der Waals surface area contributed by atoms with Crippen LogP contribution in [0.4, 0.5) is 4.39 Å². The van der Waals surface area contributed by atoms with Gasteiger partial charge in [-0.15, -0.1) is 21.5 Å². The van der Waals surface area contributed by atoms with Crippen molar-refractivity contribution < 1.29 is 14.3 Å². The van der Waals surface area contributed by atoms with Crippen molar-refractivity contribution in [1.29, 1.82) is 0 Å². The summed E-state index contributed by atoms with van der Waals surface area (Å²) in [6, 6.07) is 6.13. The molecule has 0 spiro atoms. The second-order valence-corrected chi connectivity index (χ2v) is 5.09. The van der Waals surface area contributed by atoms with E-state index >= 15 is 0 Å². The molecule has 1 N–H and O–H groups in total. The van der Waals surface area contributed by atoms with Gasteiger partial charge in [-0.2, -0.15) is 0 Å². The Morgan fingerprint density at radius 1 is 1.30 bits per heavy atom. The van der Waals surface area contributed by atoms with Gasteiger partial charge in [-0.3, -0.25) is 9.20 Å². The summed E-state index contributed by atoms with van der Waals surface area (Å²) in [5, 5.41) is 18.7. The molecule has 7 heteroatoms. The molecule has 0 amide bonds. The maximum absolute atomic E-state index is 13.0. The zero-order valence-electron chi connectivity index (χ0n) is 10.3. The van der Waals surface area contributed by atoms with E-state index in [1.807, 2.05) is 9.78 Å². The van der Waals surface area contributed by atoms with Crippen LogP contribution in [0.2, 0.25) is 0 Å². The fourth-order valence-electron chi connectivity index (χ4n) is 1.98. The van der Waals surface area contributed by atoms with E-state index in [2.05, 4.69) is 10.2 Å². The molecule has 0 radical (unpaired) electrons. The third-order valence-electron chi connectivity index (χ3n) is 2.92. The summed E-state index contributed by atoms with van der Waals surface area (Å²) in [6.45, 7) is 0. The lowest BCUT2D eigenvalue weighted by Crippen LogP contribution is -2.02. The number of nitrogens with zero attached hydrogens (tertiary/aromatic N) is 3. The first kappa shape index (κ1) is 12.7. The summed E-state index contributed by atoms with van der Waals surface area (Å²) in [7, 11) is 0. The number of aromatic nitrogens is 3. The van der Waals surface area contributed by atoms with Gasteiger partial charge in [0.1, 0.15) is 11.6 Å². The number of carbonyl (C=O) groups is 1. The minimum Gasteiger partial charge on any atom is -0.481 e. The van der Waals surface area contributed by atoms with Crippen LogP contribution < -0.4 is 0 Å². The first-order valence-corrected chi connectivity index (χ1v) is 6.82. The summed E-state index contributed by atoms with van der Waals surface area (Å²) < 4.78 is 14.8. The van der Waals surface area contributed by atoms with Crippen LogP contribution in [0.15, 0.2) is 29.6 Å². The normalized spacial score (nSPS) is 11.1. The van der Waals surface area contributed by atoms with Gasteiger partial charge in [0, 0.05) is 11.8 Å². The molecule has 2 aromatic heterocycles. The molecule has 0 saturated carbocycles. The van der Waals surface area contributed by atoms with Crippen LogP contribution >= 0.6 is 11.3 Å². The number of thiazole rings is 1. The lowest BCUT2D eigenvalue weighted by Gasteiger charge is -2.02. The van der Waals surface area contributed by atoms with E-state index in [9.17, 15) is 9.18 Å². The lowest BCUT2D eigenvalue weighted by atomic mass is 10.1. The van der Waals surface area contributed by atoms with E-state index in [1.54, 1.807) is 12.1 Å². The number of hydrogen-bond acceptors (Lipinski definition) is 4. The van der Waals surface area contributed by atoms with E-state index in [4.69, 9.17) is 5.11 Å². The van der Waals surface area contributed by atoms with E-state index in [0.717, 1.165) is 11.3 Å². The molecule has 0 aliphatic carbocycles. The van der Waals surface area contributed by atoms with Gasteiger partial charge < -0.3 is 5.11 Å². The van der Waals surface area contributed by atoms with Crippen LogP contribution in [0.5, 0.6) is 0 Å². The van der Waals surface area contributed by atoms with Gasteiger partial charge in [0.2, 0.25) is 4.96 Å². The molecule has 0 saturated heterocycles. The standard InChI is InChI=1S/C13H10FN3O2S/c14-9-3-1-8(2-4-9)10-7-20-13-16-15-11(17(10)13)5-6-12(18)19/h1-4,7H,5-6H2,(H,18,19). The fourth-order valence-corrected chi connectivity index (χ4v) is 2.83. The Bertz CT molecular complexity index is 764. The minimum absolute atomic E-state index is 0.000498. The molecule has 3 aromatic rings. The quantitative estimate of drug-likeness (QED) is 0.802. The molecule has 20 heavy (non-hydrogen) atoms. The smallest absolute Gasteiger partial charge is 0.303 e. The molecule has 0 fully saturated rings. The molecule has 5 nitrogen and oxygen atoms in total. The second kappa shape index (κ2) is 5.01. The Kier molecular flexibility index (Phi) is 3.19. The summed E-state index contributed by atoms with van der Waals surface area (Å²) >= 11 is 1.42. The van der Waals surface area contributed by atoms with Gasteiger partial charge in [0.25, 0.3) is 0 Å². The molecule has 0 bridgehead atoms. The van der Waals surface area contributed by atoms with E-state index in [0.29, 0.717) is 17.2 Å². The first-order chi connectivity index (χ1) is 9.65. The van der Waals surface area contributed by atoms with Gasteiger partial charge in [0.15, 0.2) is 0 Å². The Morgan fingerprint density at radius 3 is 2.75 bits per heavy atom. The highest BCUT2D eigenvalue weighted by Crippen LogP contribution is 2.26. The van der Waals surface area contributed by atoms with Gasteiger partial charge in [-0.1, -0.05) is 0 Å². The van der Waals surface area contributed by atoms with E-state index in [1.165, 1.54) is 23.5 Å². The van der Waals surface area contributed by atoms with Gasteiger partial charge in [-0.05, 0) is 29.8 Å². The molecular formula is C13H10FN3O2S. The van der Waals surface area contributed by atoms with Crippen LogP contribution in [-0.2, 0) is 11.2 Å². The monoisotopic (exact) mass is 291 g/mol. The first-order valence-electron chi connectivity index (χ1n) is 5.94. The molecular weight excluding hydrogens is 281 g/mol. The largest absolute Gasteiger partial charge is 0.481 e. The second-order valence-electron chi connectivity index (χ2n) is 4.26. The van der Waals surface area contributed by atoms with Crippen molar-refractivity contribution in [1.82, 2.24) is 14.6 Å². The zero-order chi connectivity index (χ0) is 14.1. The van der Waals surface area contributed by atoms with Crippen molar-refractivity contribution in [2.24, 2.45) is 0 Å². The number of carboxylic acid groups (broad SMARTS) is 1. The summed E-state index contributed by atoms with van der Waals surface area (Å²) in [5.74, 6) is -0.571. The van der Waals surface area contributed by atoms with Gasteiger partial charge in [-0.25, -0.2) is 4.39 Å². The Balaban J connectivity index is 2.04. The highest BCUT2D eigenvalue weighted by molar-refractivity contribution is 7.15. The van der Waals surface area contributed by atoms with Crippen LogP contribution in [0.25, 0.3) is 16.2 Å². The van der Waals surface area contributed by atoms with Gasteiger partial charge >= 0.3 is 5.97 Å². The Hall–Kier alpha value is -2.28. The van der Waals surface area contributed by atoms with Crippen LogP contribution in [0.3, 0.4) is 0 Å². The molecule has 1 aromatic carbocycles. The van der Waals surface area contributed by atoms with Crippen molar-refractivity contribution in [2.75, 3.05) is 0 Å². The molecule has 102 valence electrons. The van der Waals surface area contributed by atoms with E-state index in [-0.39, 0.29) is 12.2 Å². The number of rotatable bonds is 4. The predicted molar refractivity (Wildman–Crippen MR) is 72.2 cm³/mol. The number of fused-ring (bicyclic) bond motifs is 1. The predicted octanol–water partition coefficient (Wildman–Crippen LogP) is 2.61.